The number of ether oxygens (including phenoxy) is 1. The van der Waals surface area contributed by atoms with E-state index < -0.39 is 0 Å². The van der Waals surface area contributed by atoms with Gasteiger partial charge in [-0.1, -0.05) is 13.8 Å². The standard InChI is InChI=1S/C16H24N2O2S/c1-9(2)14(19)15-13(17)12(10-5-6-10)16(21-15)18-8-11-4-3-7-20-11/h9-11,18H,3-8,17H2,1-2H3. The lowest BCUT2D eigenvalue weighted by Crippen LogP contribution is -2.18. The molecule has 3 N–H and O–H groups in total. The number of Topliss-reactive ketones (excluding diaryl/α,β-unsaturated/α-hetero) is 1. The van der Waals surface area contributed by atoms with Crippen molar-refractivity contribution in [3.63, 3.8) is 0 Å². The van der Waals surface area contributed by atoms with Gasteiger partial charge >= 0.3 is 0 Å². The Hall–Kier alpha value is -1.07. The van der Waals surface area contributed by atoms with Crippen molar-refractivity contribution < 1.29 is 9.53 Å². The first-order chi connectivity index (χ1) is 10.1. The normalized spacial score (nSPS) is 22.0. The van der Waals surface area contributed by atoms with Gasteiger partial charge in [0.2, 0.25) is 0 Å². The first-order valence-corrected chi connectivity index (χ1v) is 8.71. The number of ketones is 1. The molecule has 1 aliphatic heterocycles. The van der Waals surface area contributed by atoms with Crippen LogP contribution in [0.2, 0.25) is 0 Å². The maximum absolute atomic E-state index is 12.3. The van der Waals surface area contributed by atoms with E-state index in [0.717, 1.165) is 41.6 Å². The Kier molecular flexibility index (Phi) is 4.22. The molecule has 1 aromatic heterocycles. The summed E-state index contributed by atoms with van der Waals surface area (Å²) in [5.74, 6) is 0.690. The molecule has 1 saturated heterocycles. The number of carbonyl (C=O) groups excluding carboxylic acids is 1. The molecule has 0 bridgehead atoms. The van der Waals surface area contributed by atoms with E-state index in [2.05, 4.69) is 5.32 Å². The number of nitrogens with two attached hydrogens (primary N) is 1. The van der Waals surface area contributed by atoms with Crippen LogP contribution in [0, 0.1) is 5.92 Å². The maximum Gasteiger partial charge on any atom is 0.177 e. The minimum atomic E-state index is -0.0102. The lowest BCUT2D eigenvalue weighted by molar-refractivity contribution is 0.0944. The van der Waals surface area contributed by atoms with Gasteiger partial charge in [0.05, 0.1) is 21.7 Å². The van der Waals surface area contributed by atoms with Crippen LogP contribution in [0.1, 0.15) is 60.7 Å². The predicted molar refractivity (Wildman–Crippen MR) is 87.3 cm³/mol. The number of thiophene rings is 1. The molecular weight excluding hydrogens is 284 g/mol. The van der Waals surface area contributed by atoms with E-state index in [1.165, 1.54) is 29.7 Å². The molecule has 2 heterocycles. The van der Waals surface area contributed by atoms with Crippen LogP contribution in [0.3, 0.4) is 0 Å². The van der Waals surface area contributed by atoms with E-state index in [4.69, 9.17) is 10.5 Å². The van der Waals surface area contributed by atoms with Crippen LogP contribution in [0.25, 0.3) is 0 Å². The minimum Gasteiger partial charge on any atom is -0.397 e. The van der Waals surface area contributed by atoms with Gasteiger partial charge in [0, 0.05) is 24.6 Å². The largest absolute Gasteiger partial charge is 0.397 e. The molecule has 2 fully saturated rings. The summed E-state index contributed by atoms with van der Waals surface area (Å²) in [6.07, 6.45) is 4.93. The number of nitrogen functional groups attached to an aromatic ring is 1. The predicted octanol–water partition coefficient (Wildman–Crippen LogP) is 3.64. The second kappa shape index (κ2) is 5.97. The summed E-state index contributed by atoms with van der Waals surface area (Å²) in [5.41, 5.74) is 8.19. The number of anilines is 2. The highest BCUT2D eigenvalue weighted by atomic mass is 32.1. The first kappa shape index (κ1) is 14.9. The van der Waals surface area contributed by atoms with Gasteiger partial charge < -0.3 is 15.8 Å². The monoisotopic (exact) mass is 308 g/mol. The van der Waals surface area contributed by atoms with Gasteiger partial charge in [0.1, 0.15) is 0 Å². The van der Waals surface area contributed by atoms with Gasteiger partial charge in [-0.25, -0.2) is 0 Å². The minimum absolute atomic E-state index is 0.0102. The van der Waals surface area contributed by atoms with Crippen LogP contribution < -0.4 is 11.1 Å². The second-order valence-electron chi connectivity index (χ2n) is 6.40. The van der Waals surface area contributed by atoms with Crippen LogP contribution in [0.4, 0.5) is 10.7 Å². The van der Waals surface area contributed by atoms with Gasteiger partial charge in [-0.05, 0) is 31.6 Å². The van der Waals surface area contributed by atoms with E-state index in [9.17, 15) is 4.79 Å². The molecule has 4 nitrogen and oxygen atoms in total. The molecule has 3 rings (SSSR count). The Balaban J connectivity index is 1.80. The molecule has 1 saturated carbocycles. The molecular formula is C16H24N2O2S. The molecule has 1 atom stereocenters. The average Bonchev–Trinajstić information content (AvgIpc) is 3.04. The smallest absolute Gasteiger partial charge is 0.177 e. The fourth-order valence-electron chi connectivity index (χ4n) is 2.82. The highest BCUT2D eigenvalue weighted by molar-refractivity contribution is 7.18. The molecule has 2 aliphatic rings. The van der Waals surface area contributed by atoms with Crippen LogP contribution in [-0.4, -0.2) is 25.0 Å². The number of rotatable bonds is 6. The van der Waals surface area contributed by atoms with Crippen LogP contribution in [0.15, 0.2) is 0 Å². The van der Waals surface area contributed by atoms with Gasteiger partial charge in [-0.2, -0.15) is 0 Å². The van der Waals surface area contributed by atoms with Crippen molar-refractivity contribution in [2.75, 3.05) is 24.2 Å². The van der Waals surface area contributed by atoms with E-state index in [1.54, 1.807) is 0 Å². The lowest BCUT2D eigenvalue weighted by Gasteiger charge is -2.12. The molecule has 0 radical (unpaired) electrons. The summed E-state index contributed by atoms with van der Waals surface area (Å²) in [6, 6.07) is 0. The lowest BCUT2D eigenvalue weighted by atomic mass is 10.0. The first-order valence-electron chi connectivity index (χ1n) is 7.89. The molecule has 5 heteroatoms. The highest BCUT2D eigenvalue weighted by Crippen LogP contribution is 2.51. The third-order valence-corrected chi connectivity index (χ3v) is 5.43. The van der Waals surface area contributed by atoms with Crippen molar-refractivity contribution >= 4 is 27.8 Å². The highest BCUT2D eigenvalue weighted by Gasteiger charge is 2.33. The third-order valence-electron chi connectivity index (χ3n) is 4.23. The zero-order valence-corrected chi connectivity index (χ0v) is 13.6. The van der Waals surface area contributed by atoms with Crippen molar-refractivity contribution in [3.05, 3.63) is 10.4 Å². The van der Waals surface area contributed by atoms with Crippen molar-refractivity contribution in [1.29, 1.82) is 0 Å². The molecule has 21 heavy (non-hydrogen) atoms. The summed E-state index contributed by atoms with van der Waals surface area (Å²) in [7, 11) is 0. The Morgan fingerprint density at radius 1 is 1.43 bits per heavy atom. The van der Waals surface area contributed by atoms with Gasteiger partial charge in [0.15, 0.2) is 5.78 Å². The van der Waals surface area contributed by atoms with Crippen molar-refractivity contribution in [1.82, 2.24) is 0 Å². The summed E-state index contributed by atoms with van der Waals surface area (Å²) in [4.78, 5) is 13.0. The molecule has 1 unspecified atom stereocenters. The summed E-state index contributed by atoms with van der Waals surface area (Å²) < 4.78 is 5.66. The van der Waals surface area contributed by atoms with Crippen molar-refractivity contribution in [3.8, 4) is 0 Å². The van der Waals surface area contributed by atoms with E-state index in [-0.39, 0.29) is 11.7 Å². The zero-order chi connectivity index (χ0) is 15.0. The molecule has 1 aromatic rings. The average molecular weight is 308 g/mol. The fourth-order valence-corrected chi connectivity index (χ4v) is 4.12. The van der Waals surface area contributed by atoms with Crippen molar-refractivity contribution in [2.24, 2.45) is 5.92 Å². The van der Waals surface area contributed by atoms with E-state index in [0.29, 0.717) is 12.0 Å². The Morgan fingerprint density at radius 2 is 2.19 bits per heavy atom. The zero-order valence-electron chi connectivity index (χ0n) is 12.8. The number of nitrogens with one attached hydrogen (secondary N) is 1. The number of hydrogen-bond donors (Lipinski definition) is 2. The van der Waals surface area contributed by atoms with Crippen LogP contribution in [0.5, 0.6) is 0 Å². The van der Waals surface area contributed by atoms with Crippen LogP contribution >= 0.6 is 11.3 Å². The summed E-state index contributed by atoms with van der Waals surface area (Å²) in [6.45, 7) is 5.54. The second-order valence-corrected chi connectivity index (χ2v) is 7.42. The van der Waals surface area contributed by atoms with Gasteiger partial charge in [-0.3, -0.25) is 4.79 Å². The summed E-state index contributed by atoms with van der Waals surface area (Å²) >= 11 is 1.53. The number of carbonyl (C=O) groups is 1. The topological polar surface area (TPSA) is 64.3 Å². The SMILES string of the molecule is CC(C)C(=O)c1sc(NCC2CCCO2)c(C2CC2)c1N. The van der Waals surface area contributed by atoms with E-state index in [1.807, 2.05) is 13.8 Å². The molecule has 0 amide bonds. The fraction of sp³-hybridized carbons (Fsp3) is 0.688. The molecule has 1 aliphatic carbocycles. The number of hydrogen-bond acceptors (Lipinski definition) is 5. The van der Waals surface area contributed by atoms with Gasteiger partial charge in [0.25, 0.3) is 0 Å². The summed E-state index contributed by atoms with van der Waals surface area (Å²) in [5, 5.41) is 4.58. The molecule has 0 spiro atoms. The Labute approximate surface area is 130 Å². The van der Waals surface area contributed by atoms with Crippen LogP contribution in [-0.2, 0) is 4.74 Å². The van der Waals surface area contributed by atoms with Gasteiger partial charge in [-0.15, -0.1) is 11.3 Å². The third kappa shape index (κ3) is 3.09. The maximum atomic E-state index is 12.3. The molecule has 0 aromatic carbocycles. The quantitative estimate of drug-likeness (QED) is 0.788. The Morgan fingerprint density at radius 3 is 2.76 bits per heavy atom. The molecule has 116 valence electrons. The Bertz CT molecular complexity index is 529. The van der Waals surface area contributed by atoms with Crippen molar-refractivity contribution in [2.45, 2.75) is 51.6 Å². The van der Waals surface area contributed by atoms with E-state index >= 15 is 0 Å².